The van der Waals surface area contributed by atoms with E-state index in [1.807, 2.05) is 0 Å². The maximum absolute atomic E-state index is 5.94. The summed E-state index contributed by atoms with van der Waals surface area (Å²) >= 11 is 1.65. The fraction of sp³-hybridized carbons (Fsp3) is 0.471. The van der Waals surface area contributed by atoms with Crippen LogP contribution in [0.2, 0.25) is 0 Å². The summed E-state index contributed by atoms with van der Waals surface area (Å²) in [7, 11) is 0. The molecule has 0 unspecified atom stereocenters. The number of nitrogens with two attached hydrogens (primary N) is 1. The molecule has 2 aromatic rings. The van der Waals surface area contributed by atoms with Crippen molar-refractivity contribution in [2.45, 2.75) is 53.2 Å². The van der Waals surface area contributed by atoms with E-state index in [2.05, 4.69) is 52.8 Å². The van der Waals surface area contributed by atoms with E-state index in [0.717, 1.165) is 26.9 Å². The largest absolute Gasteiger partial charge is 0.486 e. The highest BCUT2D eigenvalue weighted by Crippen LogP contribution is 2.30. The van der Waals surface area contributed by atoms with Crippen molar-refractivity contribution in [3.05, 3.63) is 44.9 Å². The number of ether oxygens (including phenoxy) is 1. The third-order valence-electron chi connectivity index (χ3n) is 3.33. The van der Waals surface area contributed by atoms with Crippen LogP contribution >= 0.6 is 11.3 Å². The standard InChI is InChI=1S/C17H24N2OS/c1-11-6-7-12(2)13(8-11)20-10-15-19-16(17(3,4)5)14(9-18)21-15/h6-8H,9-10,18H2,1-5H3. The Labute approximate surface area is 131 Å². The smallest absolute Gasteiger partial charge is 0.140 e. The van der Waals surface area contributed by atoms with Crippen LogP contribution in [0.5, 0.6) is 5.75 Å². The van der Waals surface area contributed by atoms with E-state index in [-0.39, 0.29) is 5.41 Å². The lowest BCUT2D eigenvalue weighted by atomic mass is 9.91. The van der Waals surface area contributed by atoms with Gasteiger partial charge in [0.05, 0.1) is 5.69 Å². The van der Waals surface area contributed by atoms with Gasteiger partial charge in [0.15, 0.2) is 0 Å². The number of benzene rings is 1. The molecule has 3 nitrogen and oxygen atoms in total. The topological polar surface area (TPSA) is 48.1 Å². The SMILES string of the molecule is Cc1ccc(C)c(OCc2nc(C(C)(C)C)c(CN)s2)c1. The number of hydrogen-bond acceptors (Lipinski definition) is 4. The summed E-state index contributed by atoms with van der Waals surface area (Å²) in [5.74, 6) is 0.928. The van der Waals surface area contributed by atoms with Gasteiger partial charge in [-0.1, -0.05) is 32.9 Å². The Morgan fingerprint density at radius 1 is 1.24 bits per heavy atom. The Morgan fingerprint density at radius 3 is 2.52 bits per heavy atom. The summed E-state index contributed by atoms with van der Waals surface area (Å²) in [6, 6.07) is 6.24. The van der Waals surface area contributed by atoms with Crippen LogP contribution in [0.15, 0.2) is 18.2 Å². The van der Waals surface area contributed by atoms with Crippen LogP contribution in [0.1, 0.15) is 47.5 Å². The van der Waals surface area contributed by atoms with Crippen molar-refractivity contribution in [1.29, 1.82) is 0 Å². The zero-order valence-corrected chi connectivity index (χ0v) is 14.3. The lowest BCUT2D eigenvalue weighted by Crippen LogP contribution is -2.15. The third-order valence-corrected chi connectivity index (χ3v) is 4.38. The van der Waals surface area contributed by atoms with E-state index in [1.54, 1.807) is 11.3 Å². The average molecular weight is 304 g/mol. The molecule has 0 saturated heterocycles. The van der Waals surface area contributed by atoms with Gasteiger partial charge in [0.25, 0.3) is 0 Å². The van der Waals surface area contributed by atoms with Crippen LogP contribution in [-0.2, 0) is 18.6 Å². The second-order valence-electron chi connectivity index (χ2n) is 6.39. The van der Waals surface area contributed by atoms with Gasteiger partial charge in [0, 0.05) is 16.8 Å². The van der Waals surface area contributed by atoms with Crippen molar-refractivity contribution >= 4 is 11.3 Å². The highest BCUT2D eigenvalue weighted by Gasteiger charge is 2.22. The van der Waals surface area contributed by atoms with Gasteiger partial charge in [-0.25, -0.2) is 4.98 Å². The molecule has 2 rings (SSSR count). The second kappa shape index (κ2) is 6.16. The molecule has 1 aromatic heterocycles. The van der Waals surface area contributed by atoms with Gasteiger partial charge >= 0.3 is 0 Å². The monoisotopic (exact) mass is 304 g/mol. The highest BCUT2D eigenvalue weighted by atomic mass is 32.1. The summed E-state index contributed by atoms with van der Waals surface area (Å²) in [4.78, 5) is 5.89. The van der Waals surface area contributed by atoms with Crippen LogP contribution in [0, 0.1) is 13.8 Å². The van der Waals surface area contributed by atoms with Crippen molar-refractivity contribution in [2.24, 2.45) is 5.73 Å². The summed E-state index contributed by atoms with van der Waals surface area (Å²) in [5.41, 5.74) is 9.30. The fourth-order valence-electron chi connectivity index (χ4n) is 2.19. The summed E-state index contributed by atoms with van der Waals surface area (Å²) < 4.78 is 5.94. The molecular weight excluding hydrogens is 280 g/mol. The lowest BCUT2D eigenvalue weighted by molar-refractivity contribution is 0.302. The number of hydrogen-bond donors (Lipinski definition) is 1. The van der Waals surface area contributed by atoms with E-state index < -0.39 is 0 Å². The molecule has 0 fully saturated rings. The van der Waals surface area contributed by atoms with Crippen LogP contribution in [0.25, 0.3) is 0 Å². The van der Waals surface area contributed by atoms with Crippen molar-refractivity contribution in [1.82, 2.24) is 4.98 Å². The first-order valence-electron chi connectivity index (χ1n) is 7.20. The molecule has 0 bridgehead atoms. The van der Waals surface area contributed by atoms with Gasteiger partial charge in [-0.3, -0.25) is 0 Å². The summed E-state index contributed by atoms with van der Waals surface area (Å²) in [5, 5.41) is 0.987. The number of aromatic nitrogens is 1. The molecule has 0 aliphatic rings. The van der Waals surface area contributed by atoms with E-state index in [9.17, 15) is 0 Å². The number of thiazole rings is 1. The minimum atomic E-state index is 0.0166. The predicted molar refractivity (Wildman–Crippen MR) is 89.0 cm³/mol. The molecule has 4 heteroatoms. The lowest BCUT2D eigenvalue weighted by Gasteiger charge is -2.16. The molecule has 2 N–H and O–H groups in total. The Hall–Kier alpha value is -1.39. The molecule has 0 spiro atoms. The number of aryl methyl sites for hydroxylation is 2. The molecular formula is C17H24N2OS. The van der Waals surface area contributed by atoms with Crippen LogP contribution < -0.4 is 10.5 Å². The second-order valence-corrected chi connectivity index (χ2v) is 7.56. The Bertz CT molecular complexity index is 626. The van der Waals surface area contributed by atoms with Crippen molar-refractivity contribution in [2.75, 3.05) is 0 Å². The van der Waals surface area contributed by atoms with Gasteiger partial charge in [0.1, 0.15) is 17.4 Å². The highest BCUT2D eigenvalue weighted by molar-refractivity contribution is 7.11. The molecule has 1 aromatic carbocycles. The average Bonchev–Trinajstić information content (AvgIpc) is 2.83. The Balaban J connectivity index is 2.17. The maximum Gasteiger partial charge on any atom is 0.140 e. The molecule has 0 aliphatic heterocycles. The normalized spacial score (nSPS) is 11.7. The Kier molecular flexibility index (Phi) is 4.69. The van der Waals surface area contributed by atoms with E-state index in [4.69, 9.17) is 15.5 Å². The molecule has 114 valence electrons. The molecule has 0 saturated carbocycles. The Morgan fingerprint density at radius 2 is 1.95 bits per heavy atom. The van der Waals surface area contributed by atoms with Gasteiger partial charge in [-0.05, 0) is 31.0 Å². The van der Waals surface area contributed by atoms with Gasteiger partial charge in [0.2, 0.25) is 0 Å². The predicted octanol–water partition coefficient (Wildman–Crippen LogP) is 4.10. The quantitative estimate of drug-likeness (QED) is 0.925. The van der Waals surface area contributed by atoms with Gasteiger partial charge in [-0.15, -0.1) is 11.3 Å². The molecule has 1 heterocycles. The maximum atomic E-state index is 5.94. The van der Waals surface area contributed by atoms with Crippen LogP contribution in [0.4, 0.5) is 0 Å². The summed E-state index contributed by atoms with van der Waals surface area (Å²) in [6.45, 7) is 11.7. The first-order chi connectivity index (χ1) is 9.81. The van der Waals surface area contributed by atoms with Crippen molar-refractivity contribution in [3.63, 3.8) is 0 Å². The van der Waals surface area contributed by atoms with Crippen molar-refractivity contribution in [3.8, 4) is 5.75 Å². The first-order valence-corrected chi connectivity index (χ1v) is 8.02. The molecule has 0 atom stereocenters. The molecule has 0 aliphatic carbocycles. The minimum Gasteiger partial charge on any atom is -0.486 e. The van der Waals surface area contributed by atoms with E-state index >= 15 is 0 Å². The fourth-order valence-corrected chi connectivity index (χ4v) is 3.26. The minimum absolute atomic E-state index is 0.0166. The third kappa shape index (κ3) is 3.83. The molecule has 21 heavy (non-hydrogen) atoms. The number of nitrogens with zero attached hydrogens (tertiary/aromatic N) is 1. The first kappa shape index (κ1) is 16.0. The number of rotatable bonds is 4. The van der Waals surface area contributed by atoms with Crippen molar-refractivity contribution < 1.29 is 4.74 Å². The van der Waals surface area contributed by atoms with Gasteiger partial charge in [-0.2, -0.15) is 0 Å². The van der Waals surface area contributed by atoms with Gasteiger partial charge < -0.3 is 10.5 Å². The summed E-state index contributed by atoms with van der Waals surface area (Å²) in [6.07, 6.45) is 0. The molecule has 0 amide bonds. The van der Waals surface area contributed by atoms with Crippen LogP contribution in [0.3, 0.4) is 0 Å². The zero-order chi connectivity index (χ0) is 15.6. The zero-order valence-electron chi connectivity index (χ0n) is 13.5. The van der Waals surface area contributed by atoms with E-state index in [0.29, 0.717) is 13.2 Å². The van der Waals surface area contributed by atoms with Crippen LogP contribution in [-0.4, -0.2) is 4.98 Å². The van der Waals surface area contributed by atoms with E-state index in [1.165, 1.54) is 5.56 Å². The molecule has 0 radical (unpaired) electrons.